The maximum atomic E-state index is 6.93. The number of hydrogen-bond donors (Lipinski definition) is 0. The Bertz CT molecular complexity index is 3300. The van der Waals surface area contributed by atoms with Crippen LogP contribution in [0.3, 0.4) is 0 Å². The summed E-state index contributed by atoms with van der Waals surface area (Å²) < 4.78 is 24.2. The number of rotatable bonds is 5. The summed E-state index contributed by atoms with van der Waals surface area (Å²) in [5, 5.41) is 4.01. The molecule has 6 heterocycles. The molecule has 0 unspecified atom stereocenters. The molecule has 9 nitrogen and oxygen atoms in total. The third-order valence-electron chi connectivity index (χ3n) is 10.5. The number of aromatic nitrogens is 4. The smallest absolute Gasteiger partial charge is 0.221 e. The van der Waals surface area contributed by atoms with Crippen LogP contribution in [0.15, 0.2) is 167 Å². The Kier molecular flexibility index (Phi) is 5.92. The van der Waals surface area contributed by atoms with E-state index in [-0.39, 0.29) is 0 Å². The van der Waals surface area contributed by atoms with Gasteiger partial charge in [-0.05, 0) is 72.8 Å². The van der Waals surface area contributed by atoms with Gasteiger partial charge < -0.3 is 23.4 Å². The second-order valence-corrected chi connectivity index (χ2v) is 13.6. The Balaban J connectivity index is 1.07. The van der Waals surface area contributed by atoms with Gasteiger partial charge in [0.1, 0.15) is 28.3 Å². The molecule has 12 rings (SSSR count). The number of imidazole rings is 2. The van der Waals surface area contributed by atoms with Crippen LogP contribution in [0.4, 0.5) is 11.4 Å². The molecule has 0 amide bonds. The summed E-state index contributed by atoms with van der Waals surface area (Å²) >= 11 is 0. The number of anilines is 2. The third kappa shape index (κ3) is 4.20. The molecule has 0 spiro atoms. The van der Waals surface area contributed by atoms with Gasteiger partial charge in [0.2, 0.25) is 5.78 Å². The van der Waals surface area contributed by atoms with E-state index in [9.17, 15) is 0 Å². The van der Waals surface area contributed by atoms with Crippen molar-refractivity contribution in [3.8, 4) is 17.3 Å². The van der Waals surface area contributed by atoms with Crippen molar-refractivity contribution in [3.63, 3.8) is 0 Å². The van der Waals surface area contributed by atoms with Gasteiger partial charge in [0.05, 0.1) is 28.7 Å². The average Bonchev–Trinajstić information content (AvgIpc) is 4.05. The van der Waals surface area contributed by atoms with Gasteiger partial charge in [-0.25, -0.2) is 9.97 Å². The van der Waals surface area contributed by atoms with Crippen LogP contribution in [-0.4, -0.2) is 25.6 Å². The second-order valence-electron chi connectivity index (χ2n) is 13.6. The largest absolute Gasteiger partial charge is 0.456 e. The van der Waals surface area contributed by atoms with E-state index in [1.807, 2.05) is 78.9 Å². The molecule has 0 radical (unpaired) electrons. The van der Waals surface area contributed by atoms with Gasteiger partial charge in [-0.1, -0.05) is 54.6 Å². The Hall–Kier alpha value is -7.52. The lowest BCUT2D eigenvalue weighted by molar-refractivity contribution is 0.477. The van der Waals surface area contributed by atoms with Crippen molar-refractivity contribution in [1.29, 1.82) is 0 Å². The number of para-hydroxylation sites is 4. The normalized spacial score (nSPS) is 13.3. The van der Waals surface area contributed by atoms with Crippen LogP contribution in [0.5, 0.6) is 11.5 Å². The van der Waals surface area contributed by atoms with E-state index in [1.54, 1.807) is 6.20 Å². The van der Waals surface area contributed by atoms with Crippen molar-refractivity contribution in [1.82, 2.24) is 18.9 Å². The van der Waals surface area contributed by atoms with E-state index >= 15 is 0 Å². The fourth-order valence-electron chi connectivity index (χ4n) is 8.04. The molecular weight excluding hydrogens is 673 g/mol. The first-order valence-electron chi connectivity index (χ1n) is 17.8. The molecule has 0 saturated heterocycles. The fraction of sp³-hybridized carbons (Fsp3) is 0.0222. The van der Waals surface area contributed by atoms with E-state index in [4.69, 9.17) is 23.5 Å². The molecule has 6 aromatic carbocycles. The van der Waals surface area contributed by atoms with Gasteiger partial charge in [-0.15, -0.1) is 0 Å². The van der Waals surface area contributed by atoms with Gasteiger partial charge in [0.25, 0.3) is 0 Å². The number of nitrogens with zero attached hydrogens (tertiary/aromatic N) is 6. The first-order valence-corrected chi connectivity index (χ1v) is 17.8. The molecule has 54 heavy (non-hydrogen) atoms. The zero-order valence-electron chi connectivity index (χ0n) is 28.6. The van der Waals surface area contributed by atoms with Gasteiger partial charge in [-0.2, -0.15) is 0 Å². The Morgan fingerprint density at radius 1 is 0.574 bits per heavy atom. The number of benzene rings is 6. The number of ether oxygens (including phenoxy) is 1. The van der Waals surface area contributed by atoms with Crippen molar-refractivity contribution >= 4 is 83.1 Å². The molecule has 11 aromatic rings. The van der Waals surface area contributed by atoms with Crippen LogP contribution in [0.25, 0.3) is 77.5 Å². The van der Waals surface area contributed by atoms with Gasteiger partial charge in [0.15, 0.2) is 11.3 Å². The minimum Gasteiger partial charge on any atom is -0.456 e. The van der Waals surface area contributed by atoms with Gasteiger partial charge in [-0.3, -0.25) is 8.97 Å². The lowest BCUT2D eigenvalue weighted by Crippen LogP contribution is -2.24. The van der Waals surface area contributed by atoms with Crippen LogP contribution in [-0.2, 0) is 0 Å². The monoisotopic (exact) mass is 700 g/mol. The molecule has 1 aliphatic heterocycles. The van der Waals surface area contributed by atoms with Gasteiger partial charge in [0, 0.05) is 63.6 Å². The molecule has 0 fully saturated rings. The van der Waals surface area contributed by atoms with Crippen LogP contribution in [0, 0.1) is 0 Å². The zero-order chi connectivity index (χ0) is 35.3. The van der Waals surface area contributed by atoms with Crippen molar-refractivity contribution in [2.24, 2.45) is 0 Å². The highest BCUT2D eigenvalue weighted by molar-refractivity contribution is 6.26. The van der Waals surface area contributed by atoms with Crippen molar-refractivity contribution in [2.75, 3.05) is 16.5 Å². The van der Waals surface area contributed by atoms with E-state index < -0.39 is 0 Å². The summed E-state index contributed by atoms with van der Waals surface area (Å²) in [4.78, 5) is 14.2. The average molecular weight is 701 g/mol. The quantitative estimate of drug-likeness (QED) is 0.177. The molecule has 0 saturated carbocycles. The molecular formula is C45H28N6O3. The van der Waals surface area contributed by atoms with E-state index in [0.29, 0.717) is 23.8 Å². The maximum Gasteiger partial charge on any atom is 0.221 e. The van der Waals surface area contributed by atoms with E-state index in [1.165, 1.54) is 0 Å². The van der Waals surface area contributed by atoms with Crippen LogP contribution < -0.4 is 14.5 Å². The highest BCUT2D eigenvalue weighted by Gasteiger charge is 2.24. The predicted octanol–water partition coefficient (Wildman–Crippen LogP) is 11.2. The summed E-state index contributed by atoms with van der Waals surface area (Å²) in [5.41, 5.74) is 9.04. The summed E-state index contributed by atoms with van der Waals surface area (Å²) in [5.74, 6) is 2.82. The van der Waals surface area contributed by atoms with Crippen molar-refractivity contribution < 1.29 is 13.6 Å². The Morgan fingerprint density at radius 2 is 1.35 bits per heavy atom. The van der Waals surface area contributed by atoms with Crippen molar-refractivity contribution in [3.05, 3.63) is 158 Å². The minimum absolute atomic E-state index is 0.608. The first kappa shape index (κ1) is 29.1. The standard InChI is InChI=1S/C45H28N6O3/c1-2-10-28(11-3-1)48-22-23-49(27-48)29-24-32-43-39(20-19-38-42(43)31-12-4-7-15-37(31)53-38)54-44(32)40(25-29)52-30-17-18-35-36(26-30)51(41-16-8-9-21-46-41)45-47-33-13-5-6-14-34(33)50(35)45/h1-26H,27H2. The zero-order valence-corrected chi connectivity index (χ0v) is 28.6. The SMILES string of the molecule is C1=CN(c2cc(Oc3ccc4c(c3)n(-c3ccccn3)c3nc5ccccc5n43)c3oc4ccc5oc6ccccc6c5c4c3c2)CN1c1ccccc1. The highest BCUT2D eigenvalue weighted by atomic mass is 16.5. The van der Waals surface area contributed by atoms with E-state index in [2.05, 4.69) is 91.8 Å². The summed E-state index contributed by atoms with van der Waals surface area (Å²) in [6.07, 6.45) is 6.01. The lowest BCUT2D eigenvalue weighted by atomic mass is 10.0. The molecule has 0 N–H and O–H groups in total. The molecule has 1 aliphatic rings. The summed E-state index contributed by atoms with van der Waals surface area (Å²) in [6.45, 7) is 0.645. The molecule has 0 aliphatic carbocycles. The van der Waals surface area contributed by atoms with Gasteiger partial charge >= 0.3 is 0 Å². The number of fused-ring (bicyclic) bond motifs is 12. The molecule has 0 atom stereocenters. The molecule has 5 aromatic heterocycles. The molecule has 256 valence electrons. The maximum absolute atomic E-state index is 6.93. The van der Waals surface area contributed by atoms with Crippen LogP contribution in [0.1, 0.15) is 0 Å². The Morgan fingerprint density at radius 3 is 2.24 bits per heavy atom. The minimum atomic E-state index is 0.608. The molecule has 9 heteroatoms. The third-order valence-corrected chi connectivity index (χ3v) is 10.5. The number of hydrogen-bond acceptors (Lipinski definition) is 7. The second kappa shape index (κ2) is 11.0. The summed E-state index contributed by atoms with van der Waals surface area (Å²) in [6, 6.07) is 47.0. The van der Waals surface area contributed by atoms with Crippen LogP contribution >= 0.6 is 0 Å². The highest BCUT2D eigenvalue weighted by Crippen LogP contribution is 2.46. The lowest BCUT2D eigenvalue weighted by Gasteiger charge is -2.22. The number of furan rings is 2. The number of pyridine rings is 1. The fourth-order valence-corrected chi connectivity index (χ4v) is 8.04. The van der Waals surface area contributed by atoms with Crippen molar-refractivity contribution in [2.45, 2.75) is 0 Å². The van der Waals surface area contributed by atoms with Crippen LogP contribution in [0.2, 0.25) is 0 Å². The Labute approximate surface area is 306 Å². The van der Waals surface area contributed by atoms with E-state index in [0.717, 1.165) is 83.3 Å². The predicted molar refractivity (Wildman–Crippen MR) is 214 cm³/mol. The summed E-state index contributed by atoms with van der Waals surface area (Å²) in [7, 11) is 0. The first-order chi connectivity index (χ1) is 26.7. The topological polar surface area (TPSA) is 77.1 Å². The molecule has 0 bridgehead atoms.